The van der Waals surface area contributed by atoms with E-state index in [1.54, 1.807) is 4.90 Å². The van der Waals surface area contributed by atoms with Crippen molar-refractivity contribution in [3.63, 3.8) is 0 Å². The summed E-state index contributed by atoms with van der Waals surface area (Å²) in [5, 5.41) is 2.60. The minimum absolute atomic E-state index is 0.0984. The Morgan fingerprint density at radius 1 is 1.04 bits per heavy atom. The van der Waals surface area contributed by atoms with Gasteiger partial charge in [0.25, 0.3) is 5.91 Å². The number of imidazole rings is 1. The number of para-hydroxylation sites is 2. The van der Waals surface area contributed by atoms with Gasteiger partial charge in [0.05, 0.1) is 11.0 Å². The number of fused-ring (bicyclic) bond motifs is 3. The molecule has 0 atom stereocenters. The lowest BCUT2D eigenvalue weighted by Gasteiger charge is -2.11. The number of carbonyl (C=O) groups excluding carboxylic acids is 1. The zero-order valence-corrected chi connectivity index (χ0v) is 13.5. The lowest BCUT2D eigenvalue weighted by molar-refractivity contribution is 0.0984. The van der Waals surface area contributed by atoms with Crippen molar-refractivity contribution in [3.05, 3.63) is 59.9 Å². The minimum Gasteiger partial charge on any atom is -0.308 e. The summed E-state index contributed by atoms with van der Waals surface area (Å²) in [6.07, 6.45) is 3.84. The lowest BCUT2D eigenvalue weighted by atomic mass is 10.3. The molecule has 0 radical (unpaired) electrons. The van der Waals surface area contributed by atoms with Crippen LogP contribution in [0.3, 0.4) is 0 Å². The van der Waals surface area contributed by atoms with Crippen LogP contribution in [0.4, 0.5) is 5.95 Å². The van der Waals surface area contributed by atoms with E-state index in [0.29, 0.717) is 18.2 Å². The molecular weight excluding hydrogens is 322 g/mol. The number of benzene rings is 1. The predicted molar refractivity (Wildman–Crippen MR) is 92.9 cm³/mol. The number of hydrogen-bond donors (Lipinski definition) is 0. The van der Waals surface area contributed by atoms with Crippen molar-refractivity contribution in [1.29, 1.82) is 0 Å². The number of carbonyl (C=O) groups is 1. The Labute approximate surface area is 141 Å². The number of amides is 1. The van der Waals surface area contributed by atoms with Crippen LogP contribution in [0.1, 0.15) is 10.5 Å². The summed E-state index contributed by atoms with van der Waals surface area (Å²) in [5.74, 6) is 0.607. The van der Waals surface area contributed by atoms with Crippen LogP contribution >= 0.6 is 11.3 Å². The minimum atomic E-state index is -0.0984. The smallest absolute Gasteiger partial charge is 0.280 e. The summed E-state index contributed by atoms with van der Waals surface area (Å²) < 4.78 is 3.99. The Kier molecular flexibility index (Phi) is 2.83. The van der Waals surface area contributed by atoms with Crippen LogP contribution in [0.5, 0.6) is 0 Å². The van der Waals surface area contributed by atoms with Gasteiger partial charge < -0.3 is 9.13 Å². The molecule has 1 aromatic carbocycles. The largest absolute Gasteiger partial charge is 0.308 e. The van der Waals surface area contributed by atoms with Gasteiger partial charge in [0.2, 0.25) is 5.95 Å². The molecule has 4 aromatic rings. The highest BCUT2D eigenvalue weighted by Gasteiger charge is 2.30. The first-order valence-corrected chi connectivity index (χ1v) is 8.55. The topological polar surface area (TPSA) is 56.0 Å². The highest BCUT2D eigenvalue weighted by molar-refractivity contribution is 7.12. The van der Waals surface area contributed by atoms with E-state index in [9.17, 15) is 4.79 Å². The second kappa shape index (κ2) is 5.04. The maximum absolute atomic E-state index is 12.9. The zero-order valence-electron chi connectivity index (χ0n) is 12.7. The van der Waals surface area contributed by atoms with Crippen molar-refractivity contribution >= 4 is 34.2 Å². The van der Waals surface area contributed by atoms with E-state index in [1.807, 2.05) is 58.7 Å². The maximum Gasteiger partial charge on any atom is 0.280 e. The molecular formula is C17H13N5OS. The summed E-state index contributed by atoms with van der Waals surface area (Å²) >= 11 is 1.46. The van der Waals surface area contributed by atoms with E-state index in [0.717, 1.165) is 22.7 Å². The van der Waals surface area contributed by atoms with Crippen LogP contribution in [0, 0.1) is 0 Å². The van der Waals surface area contributed by atoms with E-state index < -0.39 is 0 Å². The molecule has 1 aliphatic rings. The highest BCUT2D eigenvalue weighted by atomic mass is 32.1. The molecule has 0 aliphatic carbocycles. The maximum atomic E-state index is 12.9. The van der Waals surface area contributed by atoms with Crippen LogP contribution in [-0.2, 0) is 6.54 Å². The monoisotopic (exact) mass is 335 g/mol. The Morgan fingerprint density at radius 3 is 2.75 bits per heavy atom. The van der Waals surface area contributed by atoms with Crippen LogP contribution in [0.25, 0.3) is 16.2 Å². The first-order chi connectivity index (χ1) is 11.8. The number of hydrogen-bond acceptors (Lipinski definition) is 4. The van der Waals surface area contributed by atoms with E-state index in [2.05, 4.69) is 14.5 Å². The number of anilines is 1. The molecule has 3 aromatic heterocycles. The second-order valence-electron chi connectivity index (χ2n) is 5.61. The van der Waals surface area contributed by atoms with E-state index >= 15 is 0 Å². The van der Waals surface area contributed by atoms with Gasteiger partial charge in [-0.1, -0.05) is 12.1 Å². The number of thiazole rings is 1. The van der Waals surface area contributed by atoms with Gasteiger partial charge in [-0.2, -0.15) is 0 Å². The van der Waals surface area contributed by atoms with Crippen molar-refractivity contribution in [2.24, 2.45) is 0 Å². The first kappa shape index (κ1) is 13.5. The number of rotatable bonds is 2. The van der Waals surface area contributed by atoms with Crippen LogP contribution in [0.15, 0.2) is 54.2 Å². The van der Waals surface area contributed by atoms with E-state index in [4.69, 9.17) is 0 Å². The molecule has 5 rings (SSSR count). The molecule has 1 aliphatic heterocycles. The third kappa shape index (κ3) is 1.91. The lowest BCUT2D eigenvalue weighted by Crippen LogP contribution is -2.29. The summed E-state index contributed by atoms with van der Waals surface area (Å²) in [6, 6.07) is 11.8. The van der Waals surface area contributed by atoms with Gasteiger partial charge in [0, 0.05) is 30.9 Å². The Hall–Kier alpha value is -2.93. The van der Waals surface area contributed by atoms with Gasteiger partial charge >= 0.3 is 0 Å². The predicted octanol–water partition coefficient (Wildman–Crippen LogP) is 2.94. The molecule has 24 heavy (non-hydrogen) atoms. The number of nitrogens with zero attached hydrogens (tertiary/aromatic N) is 5. The van der Waals surface area contributed by atoms with Gasteiger partial charge in [0.1, 0.15) is 5.69 Å². The van der Waals surface area contributed by atoms with Crippen molar-refractivity contribution in [2.45, 2.75) is 6.54 Å². The van der Waals surface area contributed by atoms with Crippen molar-refractivity contribution in [2.75, 3.05) is 11.4 Å². The molecule has 6 nitrogen and oxygen atoms in total. The van der Waals surface area contributed by atoms with E-state index in [-0.39, 0.29) is 5.91 Å². The molecule has 0 unspecified atom stereocenters. The molecule has 0 fully saturated rings. The Balaban J connectivity index is 1.51. The average Bonchev–Trinajstić information content (AvgIpc) is 3.35. The normalized spacial score (nSPS) is 13.6. The van der Waals surface area contributed by atoms with Gasteiger partial charge in [-0.15, -0.1) is 11.3 Å². The summed E-state index contributed by atoms with van der Waals surface area (Å²) in [4.78, 5) is 23.7. The van der Waals surface area contributed by atoms with Crippen LogP contribution < -0.4 is 4.90 Å². The molecule has 0 bridgehead atoms. The van der Waals surface area contributed by atoms with Crippen molar-refractivity contribution in [3.8, 4) is 5.13 Å². The standard InChI is InChI=1S/C17H13N5OS/c23-15(13-11-24-17(19-13)20-7-3-4-8-20)22-10-9-21-14-6-2-1-5-12(14)18-16(21)22/h1-8,11H,9-10H2. The van der Waals surface area contributed by atoms with Gasteiger partial charge in [-0.25, -0.2) is 9.97 Å². The van der Waals surface area contributed by atoms with Gasteiger partial charge in [-0.3, -0.25) is 9.69 Å². The third-order valence-electron chi connectivity index (χ3n) is 4.20. The molecule has 0 saturated carbocycles. The summed E-state index contributed by atoms with van der Waals surface area (Å²) in [5.41, 5.74) is 2.44. The quantitative estimate of drug-likeness (QED) is 0.566. The van der Waals surface area contributed by atoms with Crippen molar-refractivity contribution in [1.82, 2.24) is 19.1 Å². The van der Waals surface area contributed by atoms with Gasteiger partial charge in [0.15, 0.2) is 5.13 Å². The van der Waals surface area contributed by atoms with Gasteiger partial charge in [-0.05, 0) is 24.3 Å². The molecule has 0 N–H and O–H groups in total. The fourth-order valence-corrected chi connectivity index (χ4v) is 3.83. The first-order valence-electron chi connectivity index (χ1n) is 7.67. The van der Waals surface area contributed by atoms with E-state index in [1.165, 1.54) is 11.3 Å². The molecule has 1 amide bonds. The SMILES string of the molecule is O=C(c1csc(-n2cccc2)n1)N1CCn2c1nc1ccccc12. The van der Waals surface area contributed by atoms with Crippen molar-refractivity contribution < 1.29 is 4.79 Å². The fourth-order valence-electron chi connectivity index (χ4n) is 3.06. The molecule has 4 heterocycles. The zero-order chi connectivity index (χ0) is 16.1. The van der Waals surface area contributed by atoms with Crippen LogP contribution in [-0.4, -0.2) is 31.6 Å². The second-order valence-corrected chi connectivity index (χ2v) is 6.45. The molecule has 0 spiro atoms. The number of aromatic nitrogens is 4. The Morgan fingerprint density at radius 2 is 1.88 bits per heavy atom. The summed E-state index contributed by atoms with van der Waals surface area (Å²) in [7, 11) is 0. The average molecular weight is 335 g/mol. The molecule has 118 valence electrons. The summed E-state index contributed by atoms with van der Waals surface area (Å²) in [6.45, 7) is 1.39. The fraction of sp³-hybridized carbons (Fsp3) is 0.118. The third-order valence-corrected chi connectivity index (χ3v) is 5.06. The molecule has 7 heteroatoms. The molecule has 0 saturated heterocycles. The highest BCUT2D eigenvalue weighted by Crippen LogP contribution is 2.28. The Bertz CT molecular complexity index is 1050. The van der Waals surface area contributed by atoms with Crippen LogP contribution in [0.2, 0.25) is 0 Å².